The highest BCUT2D eigenvalue weighted by atomic mass is 16.6. The van der Waals surface area contributed by atoms with Crippen molar-refractivity contribution in [1.29, 1.82) is 0 Å². The van der Waals surface area contributed by atoms with Gasteiger partial charge in [-0.3, -0.25) is 10.1 Å². The number of carbonyl (C=O) groups is 1. The molecule has 7 heteroatoms. The van der Waals surface area contributed by atoms with Crippen LogP contribution >= 0.6 is 0 Å². The second-order valence-electron chi connectivity index (χ2n) is 4.67. The fourth-order valence-electron chi connectivity index (χ4n) is 1.96. The van der Waals surface area contributed by atoms with Crippen molar-refractivity contribution in [2.24, 2.45) is 0 Å². The standard InChI is InChI=1S/C12H14N2O5/c15-7-12(4-5-12)13-6-8-2-1-3-9(14(18)19)10(8)11(16)17/h1-3,13,15H,4-7H2,(H,16,17). The van der Waals surface area contributed by atoms with Crippen molar-refractivity contribution in [3.63, 3.8) is 0 Å². The lowest BCUT2D eigenvalue weighted by Crippen LogP contribution is -2.34. The van der Waals surface area contributed by atoms with E-state index in [1.54, 1.807) is 0 Å². The summed E-state index contributed by atoms with van der Waals surface area (Å²) < 4.78 is 0. The lowest BCUT2D eigenvalue weighted by molar-refractivity contribution is -0.385. The van der Waals surface area contributed by atoms with Gasteiger partial charge in [0.25, 0.3) is 5.69 Å². The van der Waals surface area contributed by atoms with Crippen molar-refractivity contribution in [3.8, 4) is 0 Å². The van der Waals surface area contributed by atoms with Crippen molar-refractivity contribution in [1.82, 2.24) is 5.32 Å². The number of rotatable bonds is 6. The Morgan fingerprint density at radius 2 is 2.16 bits per heavy atom. The SMILES string of the molecule is O=C(O)c1c(CNC2(CO)CC2)cccc1[N+](=O)[O-]. The Bertz CT molecular complexity index is 525. The molecule has 0 unspecified atom stereocenters. The van der Waals surface area contributed by atoms with Crippen molar-refractivity contribution in [2.75, 3.05) is 6.61 Å². The molecule has 0 heterocycles. The van der Waals surface area contributed by atoms with E-state index in [1.807, 2.05) is 0 Å². The van der Waals surface area contributed by atoms with Crippen molar-refractivity contribution >= 4 is 11.7 Å². The van der Waals surface area contributed by atoms with E-state index < -0.39 is 16.6 Å². The number of carboxylic acids is 1. The van der Waals surface area contributed by atoms with Gasteiger partial charge in [0.1, 0.15) is 5.56 Å². The van der Waals surface area contributed by atoms with E-state index in [2.05, 4.69) is 5.32 Å². The molecular weight excluding hydrogens is 252 g/mol. The van der Waals surface area contributed by atoms with Gasteiger partial charge in [-0.1, -0.05) is 12.1 Å². The van der Waals surface area contributed by atoms with Crippen LogP contribution in [-0.2, 0) is 6.54 Å². The lowest BCUT2D eigenvalue weighted by atomic mass is 10.0. The Kier molecular flexibility index (Phi) is 3.50. The van der Waals surface area contributed by atoms with Gasteiger partial charge < -0.3 is 15.5 Å². The van der Waals surface area contributed by atoms with E-state index in [1.165, 1.54) is 18.2 Å². The van der Waals surface area contributed by atoms with Gasteiger partial charge in [0, 0.05) is 18.2 Å². The molecule has 7 nitrogen and oxygen atoms in total. The first-order valence-corrected chi connectivity index (χ1v) is 5.84. The Morgan fingerprint density at radius 3 is 2.63 bits per heavy atom. The van der Waals surface area contributed by atoms with Gasteiger partial charge in [-0.25, -0.2) is 4.79 Å². The highest BCUT2D eigenvalue weighted by Gasteiger charge is 2.41. The summed E-state index contributed by atoms with van der Waals surface area (Å²) in [5.41, 5.74) is -0.712. The molecular formula is C12H14N2O5. The van der Waals surface area contributed by atoms with Gasteiger partial charge in [-0.2, -0.15) is 0 Å². The third-order valence-electron chi connectivity index (χ3n) is 3.35. The molecule has 0 bridgehead atoms. The minimum absolute atomic E-state index is 0.0235. The maximum absolute atomic E-state index is 11.2. The van der Waals surface area contributed by atoms with Gasteiger partial charge >= 0.3 is 5.97 Å². The summed E-state index contributed by atoms with van der Waals surface area (Å²) in [7, 11) is 0. The predicted molar refractivity (Wildman–Crippen MR) is 65.9 cm³/mol. The van der Waals surface area contributed by atoms with Crippen LogP contribution in [0, 0.1) is 10.1 Å². The average Bonchev–Trinajstić information content (AvgIpc) is 3.16. The molecule has 1 fully saturated rings. The van der Waals surface area contributed by atoms with E-state index in [0.29, 0.717) is 5.56 Å². The summed E-state index contributed by atoms with van der Waals surface area (Å²) in [4.78, 5) is 21.3. The van der Waals surface area contributed by atoms with E-state index in [-0.39, 0.29) is 24.3 Å². The molecule has 2 rings (SSSR count). The number of benzene rings is 1. The second kappa shape index (κ2) is 4.94. The Labute approximate surface area is 109 Å². The molecule has 0 saturated heterocycles. The Morgan fingerprint density at radius 1 is 1.47 bits per heavy atom. The number of nitrogens with one attached hydrogen (secondary N) is 1. The van der Waals surface area contributed by atoms with Gasteiger partial charge in [-0.15, -0.1) is 0 Å². The molecule has 19 heavy (non-hydrogen) atoms. The molecule has 1 aliphatic rings. The van der Waals surface area contributed by atoms with Crippen LogP contribution in [0.15, 0.2) is 18.2 Å². The van der Waals surface area contributed by atoms with Crippen LogP contribution in [0.25, 0.3) is 0 Å². The summed E-state index contributed by atoms with van der Waals surface area (Å²) in [5.74, 6) is -1.32. The van der Waals surface area contributed by atoms with Crippen molar-refractivity contribution in [3.05, 3.63) is 39.4 Å². The number of nitro benzene ring substituents is 1. The molecule has 0 aromatic heterocycles. The summed E-state index contributed by atoms with van der Waals surface area (Å²) in [6.45, 7) is 0.161. The summed E-state index contributed by atoms with van der Waals surface area (Å²) in [6, 6.07) is 4.17. The summed E-state index contributed by atoms with van der Waals surface area (Å²) in [5, 5.41) is 32.2. The van der Waals surface area contributed by atoms with Crippen molar-refractivity contribution in [2.45, 2.75) is 24.9 Å². The van der Waals surface area contributed by atoms with E-state index in [0.717, 1.165) is 12.8 Å². The third kappa shape index (κ3) is 2.72. The number of hydrogen-bond acceptors (Lipinski definition) is 5. The molecule has 1 aromatic carbocycles. The zero-order valence-corrected chi connectivity index (χ0v) is 10.1. The molecule has 1 aromatic rings. The predicted octanol–water partition coefficient (Wildman–Crippen LogP) is 0.907. The van der Waals surface area contributed by atoms with E-state index in [4.69, 9.17) is 10.2 Å². The molecule has 1 saturated carbocycles. The maximum atomic E-state index is 11.2. The first-order valence-electron chi connectivity index (χ1n) is 5.84. The van der Waals surface area contributed by atoms with Crippen LogP contribution in [0.4, 0.5) is 5.69 Å². The van der Waals surface area contributed by atoms with E-state index in [9.17, 15) is 14.9 Å². The molecule has 0 spiro atoms. The van der Waals surface area contributed by atoms with Crippen LogP contribution in [0.1, 0.15) is 28.8 Å². The zero-order chi connectivity index (χ0) is 14.0. The maximum Gasteiger partial charge on any atom is 0.343 e. The minimum Gasteiger partial charge on any atom is -0.477 e. The second-order valence-corrected chi connectivity index (χ2v) is 4.67. The number of nitrogens with zero attached hydrogens (tertiary/aromatic N) is 1. The number of aliphatic hydroxyl groups excluding tert-OH is 1. The molecule has 0 amide bonds. The quantitative estimate of drug-likeness (QED) is 0.521. The fraction of sp³-hybridized carbons (Fsp3) is 0.417. The Hall–Kier alpha value is -1.99. The average molecular weight is 266 g/mol. The zero-order valence-electron chi connectivity index (χ0n) is 10.1. The van der Waals surface area contributed by atoms with Gasteiger partial charge in [-0.05, 0) is 18.4 Å². The normalized spacial score (nSPS) is 16.1. The van der Waals surface area contributed by atoms with Gasteiger partial charge in [0.15, 0.2) is 0 Å². The molecule has 102 valence electrons. The smallest absolute Gasteiger partial charge is 0.343 e. The van der Waals surface area contributed by atoms with Crippen LogP contribution in [0.2, 0.25) is 0 Å². The fourth-order valence-corrected chi connectivity index (χ4v) is 1.96. The van der Waals surface area contributed by atoms with Crippen LogP contribution < -0.4 is 5.32 Å². The van der Waals surface area contributed by atoms with Crippen LogP contribution in [-0.4, -0.2) is 33.3 Å². The first kappa shape index (κ1) is 13.4. The highest BCUT2D eigenvalue weighted by molar-refractivity contribution is 5.94. The van der Waals surface area contributed by atoms with Crippen molar-refractivity contribution < 1.29 is 19.9 Å². The van der Waals surface area contributed by atoms with Gasteiger partial charge in [0.05, 0.1) is 11.5 Å². The molecule has 0 atom stereocenters. The summed E-state index contributed by atoms with van der Waals surface area (Å²) >= 11 is 0. The number of hydrogen-bond donors (Lipinski definition) is 3. The molecule has 3 N–H and O–H groups in total. The lowest BCUT2D eigenvalue weighted by Gasteiger charge is -2.15. The highest BCUT2D eigenvalue weighted by Crippen LogP contribution is 2.35. The first-order chi connectivity index (χ1) is 8.99. The molecule has 0 aliphatic heterocycles. The topological polar surface area (TPSA) is 113 Å². The number of aliphatic hydroxyl groups is 1. The number of nitro groups is 1. The van der Waals surface area contributed by atoms with E-state index >= 15 is 0 Å². The number of carboxylic acid groups (broad SMARTS) is 1. The minimum atomic E-state index is -1.32. The Balaban J connectivity index is 2.26. The molecule has 1 aliphatic carbocycles. The van der Waals surface area contributed by atoms with Gasteiger partial charge in [0.2, 0.25) is 0 Å². The largest absolute Gasteiger partial charge is 0.477 e. The summed E-state index contributed by atoms with van der Waals surface area (Å²) in [6.07, 6.45) is 1.64. The van der Waals surface area contributed by atoms with Crippen LogP contribution in [0.3, 0.4) is 0 Å². The molecule has 0 radical (unpaired) electrons. The number of aromatic carboxylic acids is 1. The third-order valence-corrected chi connectivity index (χ3v) is 3.35. The monoisotopic (exact) mass is 266 g/mol. The van der Waals surface area contributed by atoms with Crippen LogP contribution in [0.5, 0.6) is 0 Å².